The van der Waals surface area contributed by atoms with Gasteiger partial charge in [0.25, 0.3) is 5.91 Å². The first-order chi connectivity index (χ1) is 11.1. The highest BCUT2D eigenvalue weighted by atomic mass is 79.9. The topological polar surface area (TPSA) is 32.3 Å². The third kappa shape index (κ3) is 5.98. The number of nitrogens with zero attached hydrogens (tertiary/aromatic N) is 1. The van der Waals surface area contributed by atoms with Gasteiger partial charge in [-0.15, -0.1) is 0 Å². The van der Waals surface area contributed by atoms with Crippen LogP contribution in [0.2, 0.25) is 5.02 Å². The Kier molecular flexibility index (Phi) is 7.09. The quantitative estimate of drug-likeness (QED) is 0.707. The lowest BCUT2D eigenvalue weighted by molar-refractivity contribution is 0.0952. The Labute approximate surface area is 150 Å². The van der Waals surface area contributed by atoms with E-state index in [1.165, 1.54) is 5.56 Å². The summed E-state index contributed by atoms with van der Waals surface area (Å²) in [6.45, 7) is 2.45. The van der Waals surface area contributed by atoms with E-state index in [1.54, 1.807) is 12.1 Å². The lowest BCUT2D eigenvalue weighted by Gasteiger charge is -2.16. The second-order valence-corrected chi connectivity index (χ2v) is 6.78. The zero-order valence-corrected chi connectivity index (χ0v) is 15.4. The minimum absolute atomic E-state index is 0.137. The van der Waals surface area contributed by atoms with Crippen molar-refractivity contribution in [2.45, 2.75) is 13.0 Å². The Morgan fingerprint density at radius 3 is 2.70 bits per heavy atom. The summed E-state index contributed by atoms with van der Waals surface area (Å²) in [6.07, 6.45) is 0.890. The molecule has 5 heteroatoms. The number of benzene rings is 2. The van der Waals surface area contributed by atoms with Gasteiger partial charge < -0.3 is 10.2 Å². The molecule has 0 spiro atoms. The van der Waals surface area contributed by atoms with Gasteiger partial charge in [0.2, 0.25) is 0 Å². The van der Waals surface area contributed by atoms with Crippen molar-refractivity contribution >= 4 is 33.4 Å². The molecule has 0 aliphatic heterocycles. The van der Waals surface area contributed by atoms with Crippen LogP contribution in [-0.4, -0.2) is 30.9 Å². The van der Waals surface area contributed by atoms with Crippen molar-refractivity contribution in [2.75, 3.05) is 20.1 Å². The average molecular weight is 396 g/mol. The van der Waals surface area contributed by atoms with Gasteiger partial charge in [0.05, 0.1) is 10.6 Å². The number of amides is 1. The molecule has 0 saturated heterocycles. The normalized spacial score (nSPS) is 10.8. The first kappa shape index (κ1) is 18.0. The van der Waals surface area contributed by atoms with Crippen LogP contribution in [0.15, 0.2) is 53.0 Å². The van der Waals surface area contributed by atoms with Crippen molar-refractivity contribution in [1.82, 2.24) is 10.2 Å². The van der Waals surface area contributed by atoms with Crippen molar-refractivity contribution < 1.29 is 4.79 Å². The van der Waals surface area contributed by atoms with Gasteiger partial charge in [0.15, 0.2) is 0 Å². The van der Waals surface area contributed by atoms with E-state index in [-0.39, 0.29) is 5.91 Å². The van der Waals surface area contributed by atoms with Crippen LogP contribution in [0, 0.1) is 0 Å². The summed E-state index contributed by atoms with van der Waals surface area (Å²) >= 11 is 9.41. The van der Waals surface area contributed by atoms with Crippen molar-refractivity contribution in [2.24, 2.45) is 0 Å². The molecule has 2 rings (SSSR count). The first-order valence-electron chi connectivity index (χ1n) is 7.52. The van der Waals surface area contributed by atoms with Gasteiger partial charge in [-0.1, -0.05) is 57.9 Å². The van der Waals surface area contributed by atoms with Crippen LogP contribution in [0.3, 0.4) is 0 Å². The molecule has 0 unspecified atom stereocenters. The summed E-state index contributed by atoms with van der Waals surface area (Å²) in [7, 11) is 2.08. The highest BCUT2D eigenvalue weighted by molar-refractivity contribution is 9.10. The molecule has 0 aromatic heterocycles. The molecule has 0 radical (unpaired) electrons. The second kappa shape index (κ2) is 9.06. The van der Waals surface area contributed by atoms with Gasteiger partial charge in [-0.3, -0.25) is 4.79 Å². The molecule has 3 nitrogen and oxygen atoms in total. The zero-order valence-electron chi connectivity index (χ0n) is 13.1. The molecule has 122 valence electrons. The summed E-state index contributed by atoms with van der Waals surface area (Å²) < 4.78 is 0.842. The van der Waals surface area contributed by atoms with Crippen molar-refractivity contribution in [1.29, 1.82) is 0 Å². The Morgan fingerprint density at radius 2 is 1.96 bits per heavy atom. The molecule has 2 aromatic rings. The number of hydrogen-bond donors (Lipinski definition) is 1. The Morgan fingerprint density at radius 1 is 1.22 bits per heavy atom. The molecule has 0 bridgehead atoms. The number of carbonyl (C=O) groups is 1. The third-order valence-electron chi connectivity index (χ3n) is 3.47. The minimum Gasteiger partial charge on any atom is -0.352 e. The van der Waals surface area contributed by atoms with Crippen molar-refractivity contribution in [3.8, 4) is 0 Å². The van der Waals surface area contributed by atoms with Crippen LogP contribution in [0.4, 0.5) is 0 Å². The van der Waals surface area contributed by atoms with E-state index >= 15 is 0 Å². The summed E-state index contributed by atoms with van der Waals surface area (Å²) in [4.78, 5) is 14.4. The standard InChI is InChI=1S/C18H20BrClN2O/c1-22(13-14-6-3-2-4-7-14)11-5-10-21-18(23)16-12-15(19)8-9-17(16)20/h2-4,6-9,12H,5,10-11,13H2,1H3,(H,21,23). The summed E-state index contributed by atoms with van der Waals surface area (Å²) in [5, 5.41) is 3.38. The number of nitrogens with one attached hydrogen (secondary N) is 1. The van der Waals surface area contributed by atoms with Gasteiger partial charge in [-0.05, 0) is 43.8 Å². The van der Waals surface area contributed by atoms with Crippen LogP contribution in [0.1, 0.15) is 22.3 Å². The molecule has 23 heavy (non-hydrogen) atoms. The third-order valence-corrected chi connectivity index (χ3v) is 4.29. The number of carbonyl (C=O) groups excluding carboxylic acids is 1. The molecule has 0 saturated carbocycles. The SMILES string of the molecule is CN(CCCNC(=O)c1cc(Br)ccc1Cl)Cc1ccccc1. The molecule has 0 heterocycles. The van der Waals surface area contributed by atoms with E-state index < -0.39 is 0 Å². The minimum atomic E-state index is -0.137. The van der Waals surface area contributed by atoms with E-state index in [1.807, 2.05) is 24.3 Å². The smallest absolute Gasteiger partial charge is 0.252 e. The van der Waals surface area contributed by atoms with Gasteiger partial charge in [-0.2, -0.15) is 0 Å². The molecule has 0 aliphatic carbocycles. The van der Waals surface area contributed by atoms with Crippen LogP contribution in [0.25, 0.3) is 0 Å². The van der Waals surface area contributed by atoms with Crippen LogP contribution in [0.5, 0.6) is 0 Å². The molecule has 1 amide bonds. The molecular weight excluding hydrogens is 376 g/mol. The molecule has 0 aliphatic rings. The summed E-state index contributed by atoms with van der Waals surface area (Å²) in [6, 6.07) is 15.6. The van der Waals surface area contributed by atoms with Gasteiger partial charge >= 0.3 is 0 Å². The van der Waals surface area contributed by atoms with Gasteiger partial charge in [0.1, 0.15) is 0 Å². The van der Waals surface area contributed by atoms with Crippen molar-refractivity contribution in [3.63, 3.8) is 0 Å². The van der Waals surface area contributed by atoms with E-state index in [0.717, 1.165) is 24.0 Å². The fraction of sp³-hybridized carbons (Fsp3) is 0.278. The monoisotopic (exact) mass is 394 g/mol. The van der Waals surface area contributed by atoms with E-state index in [4.69, 9.17) is 11.6 Å². The Hall–Kier alpha value is -1.36. The van der Waals surface area contributed by atoms with Crippen LogP contribution >= 0.6 is 27.5 Å². The average Bonchev–Trinajstić information content (AvgIpc) is 2.54. The van der Waals surface area contributed by atoms with Crippen LogP contribution in [-0.2, 0) is 6.54 Å². The predicted octanol–water partition coefficient (Wildman–Crippen LogP) is 4.35. The van der Waals surface area contributed by atoms with Gasteiger partial charge in [-0.25, -0.2) is 0 Å². The molecular formula is C18H20BrClN2O. The molecule has 1 N–H and O–H groups in total. The second-order valence-electron chi connectivity index (χ2n) is 5.46. The fourth-order valence-corrected chi connectivity index (χ4v) is 2.86. The lowest BCUT2D eigenvalue weighted by atomic mass is 10.2. The molecule has 2 aromatic carbocycles. The Bertz CT molecular complexity index is 649. The van der Waals surface area contributed by atoms with Gasteiger partial charge in [0, 0.05) is 17.6 Å². The highest BCUT2D eigenvalue weighted by Gasteiger charge is 2.10. The zero-order chi connectivity index (χ0) is 16.7. The first-order valence-corrected chi connectivity index (χ1v) is 8.69. The lowest BCUT2D eigenvalue weighted by Crippen LogP contribution is -2.28. The Balaban J connectivity index is 1.72. The predicted molar refractivity (Wildman–Crippen MR) is 98.9 cm³/mol. The maximum Gasteiger partial charge on any atom is 0.252 e. The fourth-order valence-electron chi connectivity index (χ4n) is 2.29. The number of rotatable bonds is 7. The number of hydrogen-bond acceptors (Lipinski definition) is 2. The molecule has 0 atom stereocenters. The summed E-state index contributed by atoms with van der Waals surface area (Å²) in [5.74, 6) is -0.137. The summed E-state index contributed by atoms with van der Waals surface area (Å²) in [5.41, 5.74) is 1.79. The maximum atomic E-state index is 12.1. The maximum absolute atomic E-state index is 12.1. The van der Waals surface area contributed by atoms with E-state index in [9.17, 15) is 4.79 Å². The van der Waals surface area contributed by atoms with Crippen molar-refractivity contribution in [3.05, 3.63) is 69.2 Å². The van der Waals surface area contributed by atoms with E-state index in [0.29, 0.717) is 17.1 Å². The van der Waals surface area contributed by atoms with Crippen LogP contribution < -0.4 is 5.32 Å². The van der Waals surface area contributed by atoms with E-state index in [2.05, 4.69) is 45.3 Å². The highest BCUT2D eigenvalue weighted by Crippen LogP contribution is 2.20. The molecule has 0 fully saturated rings. The largest absolute Gasteiger partial charge is 0.352 e. The number of halogens is 2.